The van der Waals surface area contributed by atoms with Gasteiger partial charge in [-0.25, -0.2) is 9.78 Å². The average molecular weight is 245 g/mol. The highest BCUT2D eigenvalue weighted by Crippen LogP contribution is 2.09. The molecule has 0 radical (unpaired) electrons. The Morgan fingerprint density at radius 2 is 2.17 bits per heavy atom. The Morgan fingerprint density at radius 3 is 2.83 bits per heavy atom. The zero-order chi connectivity index (χ0) is 12.8. The van der Waals surface area contributed by atoms with Crippen LogP contribution in [0.5, 0.6) is 0 Å². The molecule has 5 heteroatoms. The lowest BCUT2D eigenvalue weighted by Gasteiger charge is -2.11. The van der Waals surface area contributed by atoms with Crippen molar-refractivity contribution < 1.29 is 9.53 Å². The molecule has 0 aliphatic rings. The van der Waals surface area contributed by atoms with Gasteiger partial charge in [0, 0.05) is 6.42 Å². The summed E-state index contributed by atoms with van der Waals surface area (Å²) >= 11 is 0. The monoisotopic (exact) mass is 245 g/mol. The number of carbonyl (C=O) groups is 1. The molecular formula is C13H15N3O2. The fraction of sp³-hybridized carbons (Fsp3) is 0.308. The Morgan fingerprint density at radius 1 is 1.39 bits per heavy atom. The van der Waals surface area contributed by atoms with Gasteiger partial charge in [0.25, 0.3) is 0 Å². The zero-order valence-electron chi connectivity index (χ0n) is 10.2. The lowest BCUT2D eigenvalue weighted by molar-refractivity contribution is 0.0485. The van der Waals surface area contributed by atoms with Gasteiger partial charge >= 0.3 is 5.97 Å². The van der Waals surface area contributed by atoms with Gasteiger partial charge in [0.15, 0.2) is 0 Å². The molecule has 2 aromatic rings. The van der Waals surface area contributed by atoms with E-state index in [4.69, 9.17) is 4.74 Å². The predicted octanol–water partition coefficient (Wildman–Crippen LogP) is 2.09. The maximum atomic E-state index is 11.7. The second-order valence-electron chi connectivity index (χ2n) is 4.02. The number of esters is 1. The van der Waals surface area contributed by atoms with Crippen LogP contribution in [-0.4, -0.2) is 27.3 Å². The first-order chi connectivity index (χ1) is 8.77. The molecule has 1 aromatic heterocycles. The minimum absolute atomic E-state index is 0.163. The maximum absolute atomic E-state index is 11.7. The summed E-state index contributed by atoms with van der Waals surface area (Å²) in [6.45, 7) is 2.37. The lowest BCUT2D eigenvalue weighted by atomic mass is 10.2. The Balaban J connectivity index is 1.77. The van der Waals surface area contributed by atoms with Crippen LogP contribution in [0.1, 0.15) is 29.7 Å². The van der Waals surface area contributed by atoms with Crippen LogP contribution in [0.3, 0.4) is 0 Å². The number of aromatic nitrogens is 3. The van der Waals surface area contributed by atoms with E-state index in [9.17, 15) is 4.79 Å². The second kappa shape index (κ2) is 5.95. The molecule has 94 valence electrons. The first-order valence-electron chi connectivity index (χ1n) is 5.83. The lowest BCUT2D eigenvalue weighted by Crippen LogP contribution is -2.12. The zero-order valence-corrected chi connectivity index (χ0v) is 10.2. The van der Waals surface area contributed by atoms with Crippen molar-refractivity contribution in [2.45, 2.75) is 19.4 Å². The SMILES string of the molecule is C[C@@H](CCOC(=O)c1ccccc1)n1cncn1. The van der Waals surface area contributed by atoms with Crippen molar-refractivity contribution in [2.75, 3.05) is 6.61 Å². The van der Waals surface area contributed by atoms with Gasteiger partial charge in [0.2, 0.25) is 0 Å². The summed E-state index contributed by atoms with van der Waals surface area (Å²) in [5.41, 5.74) is 0.575. The number of hydrogen-bond acceptors (Lipinski definition) is 4. The van der Waals surface area contributed by atoms with Gasteiger partial charge < -0.3 is 4.74 Å². The van der Waals surface area contributed by atoms with E-state index in [1.54, 1.807) is 23.1 Å². The largest absolute Gasteiger partial charge is 0.462 e. The van der Waals surface area contributed by atoms with Gasteiger partial charge in [-0.05, 0) is 19.1 Å². The van der Waals surface area contributed by atoms with Crippen LogP contribution in [0.2, 0.25) is 0 Å². The highest BCUT2D eigenvalue weighted by Gasteiger charge is 2.09. The number of carbonyl (C=O) groups excluding carboxylic acids is 1. The highest BCUT2D eigenvalue weighted by atomic mass is 16.5. The van der Waals surface area contributed by atoms with Crippen molar-refractivity contribution in [1.82, 2.24) is 14.8 Å². The van der Waals surface area contributed by atoms with E-state index in [0.717, 1.165) is 0 Å². The number of nitrogens with zero attached hydrogens (tertiary/aromatic N) is 3. The van der Waals surface area contributed by atoms with Crippen LogP contribution in [0.4, 0.5) is 0 Å². The molecule has 0 bridgehead atoms. The Labute approximate surface area is 105 Å². The van der Waals surface area contributed by atoms with Crippen LogP contribution in [0.25, 0.3) is 0 Å². The van der Waals surface area contributed by atoms with Crippen LogP contribution >= 0.6 is 0 Å². The minimum Gasteiger partial charge on any atom is -0.462 e. The van der Waals surface area contributed by atoms with Gasteiger partial charge in [0.05, 0.1) is 18.2 Å². The van der Waals surface area contributed by atoms with Crippen molar-refractivity contribution in [1.29, 1.82) is 0 Å². The molecule has 0 aliphatic carbocycles. The molecule has 0 fully saturated rings. The average Bonchev–Trinajstić information content (AvgIpc) is 2.93. The summed E-state index contributed by atoms with van der Waals surface area (Å²) in [5, 5.41) is 4.04. The number of ether oxygens (including phenoxy) is 1. The predicted molar refractivity (Wildman–Crippen MR) is 66.1 cm³/mol. The molecule has 0 amide bonds. The maximum Gasteiger partial charge on any atom is 0.338 e. The number of benzene rings is 1. The van der Waals surface area contributed by atoms with Gasteiger partial charge in [-0.15, -0.1) is 0 Å². The molecule has 0 N–H and O–H groups in total. The summed E-state index contributed by atoms with van der Waals surface area (Å²) in [7, 11) is 0. The van der Waals surface area contributed by atoms with E-state index >= 15 is 0 Å². The molecule has 0 aliphatic heterocycles. The van der Waals surface area contributed by atoms with Gasteiger partial charge in [-0.2, -0.15) is 5.10 Å². The van der Waals surface area contributed by atoms with E-state index in [2.05, 4.69) is 10.1 Å². The van der Waals surface area contributed by atoms with Gasteiger partial charge in [-0.3, -0.25) is 4.68 Å². The van der Waals surface area contributed by atoms with Gasteiger partial charge in [0.1, 0.15) is 12.7 Å². The summed E-state index contributed by atoms with van der Waals surface area (Å²) in [6.07, 6.45) is 3.86. The van der Waals surface area contributed by atoms with E-state index in [0.29, 0.717) is 18.6 Å². The van der Waals surface area contributed by atoms with Crippen molar-refractivity contribution in [3.63, 3.8) is 0 Å². The molecule has 1 atom stereocenters. The minimum atomic E-state index is -0.290. The first-order valence-corrected chi connectivity index (χ1v) is 5.83. The third kappa shape index (κ3) is 3.16. The van der Waals surface area contributed by atoms with Gasteiger partial charge in [-0.1, -0.05) is 18.2 Å². The summed E-state index contributed by atoms with van der Waals surface area (Å²) in [4.78, 5) is 15.5. The van der Waals surface area contributed by atoms with Crippen LogP contribution in [-0.2, 0) is 4.74 Å². The molecule has 2 rings (SSSR count). The van der Waals surface area contributed by atoms with E-state index in [1.807, 2.05) is 25.1 Å². The topological polar surface area (TPSA) is 57.0 Å². The fourth-order valence-electron chi connectivity index (χ4n) is 1.56. The summed E-state index contributed by atoms with van der Waals surface area (Å²) in [6, 6.07) is 9.13. The second-order valence-corrected chi connectivity index (χ2v) is 4.02. The van der Waals surface area contributed by atoms with Crippen LogP contribution in [0, 0.1) is 0 Å². The molecule has 18 heavy (non-hydrogen) atoms. The fourth-order valence-corrected chi connectivity index (χ4v) is 1.56. The molecule has 0 saturated carbocycles. The van der Waals surface area contributed by atoms with Crippen molar-refractivity contribution in [3.05, 3.63) is 48.5 Å². The molecule has 0 spiro atoms. The highest BCUT2D eigenvalue weighted by molar-refractivity contribution is 5.89. The third-order valence-electron chi connectivity index (χ3n) is 2.67. The Kier molecular flexibility index (Phi) is 4.06. The van der Waals surface area contributed by atoms with Crippen LogP contribution < -0.4 is 0 Å². The first kappa shape index (κ1) is 12.3. The van der Waals surface area contributed by atoms with Crippen molar-refractivity contribution >= 4 is 5.97 Å². The van der Waals surface area contributed by atoms with Crippen molar-refractivity contribution in [3.8, 4) is 0 Å². The van der Waals surface area contributed by atoms with E-state index in [-0.39, 0.29) is 12.0 Å². The van der Waals surface area contributed by atoms with E-state index in [1.165, 1.54) is 6.33 Å². The number of hydrogen-bond donors (Lipinski definition) is 0. The number of rotatable bonds is 5. The Bertz CT molecular complexity index is 482. The summed E-state index contributed by atoms with van der Waals surface area (Å²) < 4.78 is 6.94. The smallest absolute Gasteiger partial charge is 0.338 e. The molecular weight excluding hydrogens is 230 g/mol. The molecule has 0 saturated heterocycles. The molecule has 0 unspecified atom stereocenters. The van der Waals surface area contributed by atoms with Crippen LogP contribution in [0.15, 0.2) is 43.0 Å². The Hall–Kier alpha value is -2.17. The van der Waals surface area contributed by atoms with Crippen molar-refractivity contribution in [2.24, 2.45) is 0 Å². The molecule has 1 heterocycles. The molecule has 1 aromatic carbocycles. The quantitative estimate of drug-likeness (QED) is 0.757. The standard InChI is InChI=1S/C13H15N3O2/c1-11(16-10-14-9-15-16)7-8-18-13(17)12-5-3-2-4-6-12/h2-6,9-11H,7-8H2,1H3/t11-/m0/s1. The third-order valence-corrected chi connectivity index (χ3v) is 2.67. The van der Waals surface area contributed by atoms with E-state index < -0.39 is 0 Å². The normalized spacial score (nSPS) is 12.1. The summed E-state index contributed by atoms with van der Waals surface area (Å²) in [5.74, 6) is -0.290. The molecule has 5 nitrogen and oxygen atoms in total.